The van der Waals surface area contributed by atoms with E-state index in [0.29, 0.717) is 0 Å². The van der Waals surface area contributed by atoms with E-state index in [-0.39, 0.29) is 88.0 Å². The molecule has 0 aromatic carbocycles. The molecule has 0 bridgehead atoms. The van der Waals surface area contributed by atoms with E-state index in [1.807, 2.05) is 0 Å². The minimum atomic E-state index is 0. The Hall–Kier alpha value is 2.71. The standard InChI is InChI=1S/3GeH2.2Ge/h3*1H2;;. The molecule has 5 heavy (non-hydrogen) atoms. The van der Waals surface area contributed by atoms with E-state index in [4.69, 9.17) is 0 Å². The molecule has 0 rings (SSSR count). The van der Waals surface area contributed by atoms with Crippen LogP contribution in [0.15, 0.2) is 0 Å². The van der Waals surface area contributed by atoms with Gasteiger partial charge in [0.15, 0.2) is 0 Å². The molecule has 0 nitrogen and oxygen atoms in total. The van der Waals surface area contributed by atoms with E-state index in [9.17, 15) is 0 Å². The van der Waals surface area contributed by atoms with E-state index in [1.54, 1.807) is 0 Å². The van der Waals surface area contributed by atoms with Crippen LogP contribution in [-0.4, -0.2) is 88.0 Å². The van der Waals surface area contributed by atoms with Gasteiger partial charge in [-0.1, -0.05) is 0 Å². The maximum Gasteiger partial charge on any atom is 0 e. The van der Waals surface area contributed by atoms with Crippen LogP contribution in [0.25, 0.3) is 0 Å². The van der Waals surface area contributed by atoms with Crippen LogP contribution < -0.4 is 0 Å². The van der Waals surface area contributed by atoms with Gasteiger partial charge in [0.05, 0.1) is 0 Å². The van der Waals surface area contributed by atoms with Crippen molar-refractivity contribution in [3.05, 3.63) is 0 Å². The Morgan fingerprint density at radius 2 is 0.400 bits per heavy atom. The Labute approximate surface area is 86.9 Å². The van der Waals surface area contributed by atoms with E-state index >= 15 is 0 Å². The van der Waals surface area contributed by atoms with Crippen molar-refractivity contribution in [1.82, 2.24) is 0 Å². The number of rotatable bonds is 0. The minimum absolute atomic E-state index is 0. The van der Waals surface area contributed by atoms with Crippen LogP contribution in [0.1, 0.15) is 0 Å². The molecule has 0 aromatic rings. The summed E-state index contributed by atoms with van der Waals surface area (Å²) in [5, 5.41) is 0. The van der Waals surface area contributed by atoms with Gasteiger partial charge in [0, 0.05) is 35.2 Å². The maximum atomic E-state index is 0. The van der Waals surface area contributed by atoms with Crippen LogP contribution in [0, 0.1) is 0 Å². The molecule has 0 amide bonds. The van der Waals surface area contributed by atoms with Crippen LogP contribution in [0.2, 0.25) is 0 Å². The summed E-state index contributed by atoms with van der Waals surface area (Å²) in [6.45, 7) is 0. The SMILES string of the molecule is [GeH2].[GeH2].[GeH2].[Ge].[Ge]. The van der Waals surface area contributed by atoms with Crippen molar-refractivity contribution in [3.8, 4) is 0 Å². The zero-order valence-corrected chi connectivity index (χ0v) is 16.2. The van der Waals surface area contributed by atoms with Crippen molar-refractivity contribution in [2.45, 2.75) is 0 Å². The molecule has 0 spiro atoms. The van der Waals surface area contributed by atoms with Crippen molar-refractivity contribution in [3.63, 3.8) is 0 Å². The van der Waals surface area contributed by atoms with Gasteiger partial charge in [0.2, 0.25) is 0 Å². The van der Waals surface area contributed by atoms with E-state index in [1.165, 1.54) is 0 Å². The Kier molecular flexibility index (Phi) is 281. The van der Waals surface area contributed by atoms with Crippen molar-refractivity contribution in [2.75, 3.05) is 0 Å². The molecule has 14 radical (unpaired) electrons. The third-order valence-corrected chi connectivity index (χ3v) is 0. The Balaban J connectivity index is 0. The van der Waals surface area contributed by atoms with Crippen LogP contribution in [0.5, 0.6) is 0 Å². The van der Waals surface area contributed by atoms with Crippen LogP contribution in [0.3, 0.4) is 0 Å². The summed E-state index contributed by atoms with van der Waals surface area (Å²) < 4.78 is 0. The van der Waals surface area contributed by atoms with Gasteiger partial charge >= 0.3 is 52.8 Å². The monoisotopic (exact) mass is 376 g/mol. The average Bonchev–Trinajstić information content (AvgIpc) is 0. The summed E-state index contributed by atoms with van der Waals surface area (Å²) in [5.41, 5.74) is 0. The molecule has 0 aliphatic rings. The van der Waals surface area contributed by atoms with E-state index in [2.05, 4.69) is 0 Å². The second-order valence-corrected chi connectivity index (χ2v) is 0. The molecule has 0 atom stereocenters. The van der Waals surface area contributed by atoms with Gasteiger partial charge in [0.25, 0.3) is 0 Å². The van der Waals surface area contributed by atoms with E-state index in [0.717, 1.165) is 0 Å². The first kappa shape index (κ1) is 47.2. The van der Waals surface area contributed by atoms with Gasteiger partial charge in [-0.05, 0) is 0 Å². The predicted octanol–water partition coefficient (Wildman–Crippen LogP) is -3.51. The molecular weight excluding hydrogens is 363 g/mol. The van der Waals surface area contributed by atoms with Gasteiger partial charge in [0.1, 0.15) is 0 Å². The Morgan fingerprint density at radius 3 is 0.400 bits per heavy atom. The number of hydrogen-bond acceptors (Lipinski definition) is 0. The first-order valence-electron chi connectivity index (χ1n) is 0. The minimum Gasteiger partial charge on any atom is 0 e. The first-order chi connectivity index (χ1) is 0. The molecule has 0 saturated heterocycles. The van der Waals surface area contributed by atoms with Crippen LogP contribution >= 0.6 is 0 Å². The average molecular weight is 369 g/mol. The summed E-state index contributed by atoms with van der Waals surface area (Å²) in [5.74, 6) is 0. The molecule has 0 unspecified atom stereocenters. The first-order valence-corrected chi connectivity index (χ1v) is 0. The molecule has 0 heterocycles. The largest absolute Gasteiger partial charge is 0 e. The predicted molar refractivity (Wildman–Crippen MR) is 37.1 cm³/mol. The summed E-state index contributed by atoms with van der Waals surface area (Å²) in [6.07, 6.45) is 0. The normalized spacial score (nSPS) is 0. The fraction of sp³-hybridized carbons (Fsp3) is 0. The Bertz CT molecular complexity index is 0. The molecule has 26 valence electrons. The molecule has 0 aliphatic heterocycles. The van der Waals surface area contributed by atoms with Gasteiger partial charge in [-0.3, -0.25) is 0 Å². The maximum absolute atomic E-state index is 0. The quantitative estimate of drug-likeness (QED) is 0.389. The smallest absolute Gasteiger partial charge is 0 e. The molecule has 5 heteroatoms. The molecular formula is H6Ge5. The zero-order chi connectivity index (χ0) is 0. The fourth-order valence-corrected chi connectivity index (χ4v) is 0. The fourth-order valence-electron chi connectivity index (χ4n) is 0. The van der Waals surface area contributed by atoms with Crippen LogP contribution in [-0.2, 0) is 0 Å². The topological polar surface area (TPSA) is 0 Å². The second-order valence-electron chi connectivity index (χ2n) is 0. The zero-order valence-electron chi connectivity index (χ0n) is 3.12. The van der Waals surface area contributed by atoms with Crippen LogP contribution in [0.4, 0.5) is 0 Å². The van der Waals surface area contributed by atoms with Gasteiger partial charge in [-0.15, -0.1) is 0 Å². The second kappa shape index (κ2) is 29.8. The molecule has 0 aliphatic carbocycles. The van der Waals surface area contributed by atoms with Gasteiger partial charge in [-0.2, -0.15) is 0 Å². The summed E-state index contributed by atoms with van der Waals surface area (Å²) in [6, 6.07) is 0. The van der Waals surface area contributed by atoms with Gasteiger partial charge in [-0.25, -0.2) is 0 Å². The summed E-state index contributed by atoms with van der Waals surface area (Å²) in [4.78, 5) is 0. The van der Waals surface area contributed by atoms with Crippen molar-refractivity contribution in [2.24, 2.45) is 0 Å². The molecule has 0 saturated carbocycles. The van der Waals surface area contributed by atoms with Crippen molar-refractivity contribution >= 4 is 88.0 Å². The van der Waals surface area contributed by atoms with E-state index < -0.39 is 0 Å². The van der Waals surface area contributed by atoms with Crippen molar-refractivity contribution < 1.29 is 0 Å². The molecule has 0 aromatic heterocycles. The van der Waals surface area contributed by atoms with Crippen molar-refractivity contribution in [1.29, 1.82) is 0 Å². The Morgan fingerprint density at radius 1 is 0.400 bits per heavy atom. The molecule has 0 N–H and O–H groups in total. The number of hydrogen-bond donors (Lipinski definition) is 0. The summed E-state index contributed by atoms with van der Waals surface area (Å²) in [7, 11) is 0. The van der Waals surface area contributed by atoms with Gasteiger partial charge < -0.3 is 0 Å². The third kappa shape index (κ3) is 20.3. The molecule has 0 fully saturated rings. The third-order valence-electron chi connectivity index (χ3n) is 0. The summed E-state index contributed by atoms with van der Waals surface area (Å²) >= 11 is 0.